The van der Waals surface area contributed by atoms with Gasteiger partial charge in [0.1, 0.15) is 18.0 Å². The number of carbonyl (C=O) groups excluding carboxylic acids is 1. The van der Waals surface area contributed by atoms with Crippen LogP contribution in [-0.4, -0.2) is 34.1 Å². The molecule has 0 saturated heterocycles. The van der Waals surface area contributed by atoms with Crippen molar-refractivity contribution in [3.05, 3.63) is 83.4 Å². The van der Waals surface area contributed by atoms with Crippen LogP contribution in [0.1, 0.15) is 19.4 Å². The van der Waals surface area contributed by atoms with Crippen molar-refractivity contribution in [1.82, 2.24) is 5.32 Å². The zero-order chi connectivity index (χ0) is 24.6. The summed E-state index contributed by atoms with van der Waals surface area (Å²) >= 11 is 5.94. The SMILES string of the molecule is CCOc1ccccc1CNC(=O)CN(c1ccccc1OCC)S(=O)(=O)c1ccc(Cl)cc1. The summed E-state index contributed by atoms with van der Waals surface area (Å²) in [6.45, 7) is 4.27. The molecule has 7 nitrogen and oxygen atoms in total. The fraction of sp³-hybridized carbons (Fsp3) is 0.240. The molecular formula is C25H27ClN2O5S. The van der Waals surface area contributed by atoms with Crippen molar-refractivity contribution in [3.63, 3.8) is 0 Å². The van der Waals surface area contributed by atoms with Crippen molar-refractivity contribution in [1.29, 1.82) is 0 Å². The molecule has 0 unspecified atom stereocenters. The molecule has 0 aromatic heterocycles. The molecule has 3 rings (SSSR count). The van der Waals surface area contributed by atoms with E-state index in [0.29, 0.717) is 29.7 Å². The molecule has 0 spiro atoms. The number of halogens is 1. The molecule has 0 radical (unpaired) electrons. The number of hydrogen-bond donors (Lipinski definition) is 1. The lowest BCUT2D eigenvalue weighted by atomic mass is 10.2. The van der Waals surface area contributed by atoms with E-state index in [0.717, 1.165) is 9.87 Å². The number of nitrogens with zero attached hydrogens (tertiary/aromatic N) is 1. The van der Waals surface area contributed by atoms with Crippen LogP contribution in [0.15, 0.2) is 77.7 Å². The minimum absolute atomic E-state index is 0.0118. The Kier molecular flexibility index (Phi) is 8.79. The third kappa shape index (κ3) is 6.21. The Morgan fingerprint density at radius 3 is 2.15 bits per heavy atom. The number of ether oxygens (including phenoxy) is 2. The van der Waals surface area contributed by atoms with Crippen molar-refractivity contribution in [3.8, 4) is 11.5 Å². The van der Waals surface area contributed by atoms with E-state index in [1.165, 1.54) is 24.3 Å². The van der Waals surface area contributed by atoms with Crippen molar-refractivity contribution in [2.45, 2.75) is 25.3 Å². The maximum atomic E-state index is 13.6. The van der Waals surface area contributed by atoms with E-state index in [4.69, 9.17) is 21.1 Å². The molecule has 34 heavy (non-hydrogen) atoms. The first-order valence-corrected chi connectivity index (χ1v) is 12.7. The van der Waals surface area contributed by atoms with Crippen molar-refractivity contribution >= 4 is 33.2 Å². The lowest BCUT2D eigenvalue weighted by molar-refractivity contribution is -0.119. The summed E-state index contributed by atoms with van der Waals surface area (Å²) in [5, 5.41) is 3.20. The summed E-state index contributed by atoms with van der Waals surface area (Å²) in [4.78, 5) is 13.0. The Hall–Kier alpha value is -3.23. The van der Waals surface area contributed by atoms with Gasteiger partial charge in [-0.1, -0.05) is 41.9 Å². The van der Waals surface area contributed by atoms with Crippen LogP contribution in [0.25, 0.3) is 0 Å². The molecule has 9 heteroatoms. The highest BCUT2D eigenvalue weighted by Crippen LogP contribution is 2.32. The van der Waals surface area contributed by atoms with Gasteiger partial charge in [0.2, 0.25) is 5.91 Å². The van der Waals surface area contributed by atoms with Crippen LogP contribution in [0.4, 0.5) is 5.69 Å². The molecule has 0 aliphatic carbocycles. The molecule has 1 N–H and O–H groups in total. The molecule has 0 saturated carbocycles. The predicted octanol–water partition coefficient (Wildman–Crippen LogP) is 4.65. The Bertz CT molecular complexity index is 1220. The van der Waals surface area contributed by atoms with Gasteiger partial charge in [-0.2, -0.15) is 0 Å². The number of sulfonamides is 1. The highest BCUT2D eigenvalue weighted by Gasteiger charge is 2.29. The molecule has 0 heterocycles. The lowest BCUT2D eigenvalue weighted by Crippen LogP contribution is -2.41. The van der Waals surface area contributed by atoms with Gasteiger partial charge in [-0.15, -0.1) is 0 Å². The van der Waals surface area contributed by atoms with E-state index in [1.54, 1.807) is 31.2 Å². The van der Waals surface area contributed by atoms with Crippen LogP contribution in [0.3, 0.4) is 0 Å². The predicted molar refractivity (Wildman–Crippen MR) is 133 cm³/mol. The van der Waals surface area contributed by atoms with Gasteiger partial charge < -0.3 is 14.8 Å². The van der Waals surface area contributed by atoms with Gasteiger partial charge in [-0.3, -0.25) is 9.10 Å². The standard InChI is InChI=1S/C25H27ClN2O5S/c1-3-32-23-11-7-5-9-19(23)17-27-25(29)18-28(22-10-6-8-12-24(22)33-4-2)34(30,31)21-15-13-20(26)14-16-21/h5-16H,3-4,17-18H2,1-2H3,(H,27,29). The molecule has 0 aliphatic heterocycles. The van der Waals surface area contributed by atoms with E-state index in [2.05, 4.69) is 5.32 Å². The Morgan fingerprint density at radius 2 is 1.47 bits per heavy atom. The van der Waals surface area contributed by atoms with E-state index >= 15 is 0 Å². The Morgan fingerprint density at radius 1 is 0.882 bits per heavy atom. The summed E-state index contributed by atoms with van der Waals surface area (Å²) in [5.41, 5.74) is 1.06. The lowest BCUT2D eigenvalue weighted by Gasteiger charge is -2.26. The second-order valence-electron chi connectivity index (χ2n) is 7.18. The van der Waals surface area contributed by atoms with Crippen LogP contribution < -0.4 is 19.1 Å². The quantitative estimate of drug-likeness (QED) is 0.412. The summed E-state index contributed by atoms with van der Waals surface area (Å²) < 4.78 is 39.4. The van der Waals surface area contributed by atoms with Crippen LogP contribution in [0, 0.1) is 0 Å². The summed E-state index contributed by atoms with van der Waals surface area (Å²) in [6, 6.07) is 19.9. The largest absolute Gasteiger partial charge is 0.494 e. The van der Waals surface area contributed by atoms with Crippen molar-refractivity contribution in [2.24, 2.45) is 0 Å². The minimum atomic E-state index is -4.10. The summed E-state index contributed by atoms with van der Waals surface area (Å²) in [6.07, 6.45) is 0. The Balaban J connectivity index is 1.90. The van der Waals surface area contributed by atoms with Gasteiger partial charge in [0.05, 0.1) is 23.8 Å². The molecule has 0 atom stereocenters. The maximum absolute atomic E-state index is 13.6. The highest BCUT2D eigenvalue weighted by molar-refractivity contribution is 7.92. The topological polar surface area (TPSA) is 84.9 Å². The fourth-order valence-electron chi connectivity index (χ4n) is 3.30. The number of benzene rings is 3. The molecule has 0 bridgehead atoms. The highest BCUT2D eigenvalue weighted by atomic mass is 35.5. The molecule has 0 fully saturated rings. The van der Waals surface area contributed by atoms with E-state index in [1.807, 2.05) is 31.2 Å². The summed E-state index contributed by atoms with van der Waals surface area (Å²) in [7, 11) is -4.10. The molecule has 3 aromatic carbocycles. The van der Waals surface area contributed by atoms with Crippen molar-refractivity contribution < 1.29 is 22.7 Å². The number of nitrogens with one attached hydrogen (secondary N) is 1. The van der Waals surface area contributed by atoms with Gasteiger partial charge in [0.25, 0.3) is 10.0 Å². The maximum Gasteiger partial charge on any atom is 0.264 e. The number of para-hydroxylation sites is 3. The average molecular weight is 503 g/mol. The number of rotatable bonds is 11. The molecule has 180 valence electrons. The van der Waals surface area contributed by atoms with Crippen LogP contribution in [-0.2, 0) is 21.4 Å². The second-order valence-corrected chi connectivity index (χ2v) is 9.48. The van der Waals surface area contributed by atoms with Gasteiger partial charge in [0, 0.05) is 17.1 Å². The van der Waals surface area contributed by atoms with Crippen LogP contribution >= 0.6 is 11.6 Å². The molecule has 3 aromatic rings. The zero-order valence-electron chi connectivity index (χ0n) is 19.0. The summed E-state index contributed by atoms with van der Waals surface area (Å²) in [5.74, 6) is 0.546. The monoisotopic (exact) mass is 502 g/mol. The average Bonchev–Trinajstić information content (AvgIpc) is 2.83. The first kappa shape index (κ1) is 25.4. The van der Waals surface area contributed by atoms with Crippen molar-refractivity contribution in [2.75, 3.05) is 24.1 Å². The Labute approximate surface area is 205 Å². The smallest absolute Gasteiger partial charge is 0.264 e. The molecule has 1 amide bonds. The van der Waals surface area contributed by atoms with Gasteiger partial charge in [-0.25, -0.2) is 8.42 Å². The number of amides is 1. The van der Waals surface area contributed by atoms with Crippen LogP contribution in [0.2, 0.25) is 5.02 Å². The van der Waals surface area contributed by atoms with E-state index < -0.39 is 22.5 Å². The van der Waals surface area contributed by atoms with Gasteiger partial charge in [0.15, 0.2) is 0 Å². The third-order valence-electron chi connectivity index (χ3n) is 4.87. The second kappa shape index (κ2) is 11.8. The third-order valence-corrected chi connectivity index (χ3v) is 6.90. The minimum Gasteiger partial charge on any atom is -0.494 e. The number of hydrogen-bond acceptors (Lipinski definition) is 5. The zero-order valence-corrected chi connectivity index (χ0v) is 20.6. The molecular weight excluding hydrogens is 476 g/mol. The van der Waals surface area contributed by atoms with E-state index in [9.17, 15) is 13.2 Å². The van der Waals surface area contributed by atoms with Gasteiger partial charge in [-0.05, 0) is 56.3 Å². The number of anilines is 1. The normalized spacial score (nSPS) is 11.0. The van der Waals surface area contributed by atoms with Crippen LogP contribution in [0.5, 0.6) is 11.5 Å². The number of carbonyl (C=O) groups is 1. The van der Waals surface area contributed by atoms with Gasteiger partial charge >= 0.3 is 0 Å². The first-order chi connectivity index (χ1) is 16.4. The first-order valence-electron chi connectivity index (χ1n) is 10.8. The molecule has 0 aliphatic rings. The van der Waals surface area contributed by atoms with E-state index in [-0.39, 0.29) is 17.1 Å². The fourth-order valence-corrected chi connectivity index (χ4v) is 4.86.